The summed E-state index contributed by atoms with van der Waals surface area (Å²) in [7, 11) is 0. The third-order valence-corrected chi connectivity index (χ3v) is 6.29. The molecule has 1 N–H and O–H groups in total. The molecule has 8 heteroatoms. The smallest absolute Gasteiger partial charge is 0.359 e. The Labute approximate surface area is 193 Å². The van der Waals surface area contributed by atoms with E-state index >= 15 is 0 Å². The number of carbonyl (C=O) groups excluding carboxylic acids is 2. The number of benzene rings is 3. The Morgan fingerprint density at radius 3 is 2.58 bits per heavy atom. The summed E-state index contributed by atoms with van der Waals surface area (Å²) in [5.41, 5.74) is 2.73. The number of esters is 1. The molecule has 0 amide bonds. The van der Waals surface area contributed by atoms with Gasteiger partial charge in [0, 0.05) is 21.6 Å². The second-order valence-electron chi connectivity index (χ2n) is 7.30. The molecule has 2 heterocycles. The average molecular weight is 460 g/mol. The summed E-state index contributed by atoms with van der Waals surface area (Å²) in [5, 5.41) is 7.63. The monoisotopic (exact) mass is 459 g/mol. The fraction of sp³-hybridized carbons (Fsp3) is 0.0800. The van der Waals surface area contributed by atoms with E-state index in [9.17, 15) is 14.0 Å². The number of nitrogens with zero attached hydrogens (tertiary/aromatic N) is 2. The van der Waals surface area contributed by atoms with Gasteiger partial charge in [0.15, 0.2) is 11.5 Å². The van der Waals surface area contributed by atoms with Crippen molar-refractivity contribution >= 4 is 34.9 Å². The first-order valence-electron chi connectivity index (χ1n) is 10.3. The van der Waals surface area contributed by atoms with Crippen molar-refractivity contribution in [1.29, 1.82) is 0 Å². The molecule has 6 nitrogen and oxygen atoms in total. The van der Waals surface area contributed by atoms with Crippen molar-refractivity contribution in [3.63, 3.8) is 0 Å². The van der Waals surface area contributed by atoms with Gasteiger partial charge in [0.25, 0.3) is 0 Å². The Morgan fingerprint density at radius 2 is 1.79 bits per heavy atom. The number of anilines is 2. The van der Waals surface area contributed by atoms with Crippen molar-refractivity contribution in [3.8, 4) is 5.69 Å². The van der Waals surface area contributed by atoms with Gasteiger partial charge in [-0.2, -0.15) is 5.10 Å². The maximum absolute atomic E-state index is 13.5. The Bertz CT molecular complexity index is 1380. The van der Waals surface area contributed by atoms with Crippen LogP contribution in [0.5, 0.6) is 0 Å². The number of ether oxygens (including phenoxy) is 1. The fourth-order valence-corrected chi connectivity index (χ4v) is 4.52. The van der Waals surface area contributed by atoms with Crippen LogP contribution in [0.4, 0.5) is 15.8 Å². The molecule has 1 aliphatic heterocycles. The van der Waals surface area contributed by atoms with Crippen LogP contribution in [-0.4, -0.2) is 28.1 Å². The number of nitrogens with one attached hydrogen (secondary N) is 1. The molecular weight excluding hydrogens is 441 g/mol. The van der Waals surface area contributed by atoms with Gasteiger partial charge in [-0.3, -0.25) is 4.79 Å². The summed E-state index contributed by atoms with van der Waals surface area (Å²) in [6, 6.07) is 18.9. The van der Waals surface area contributed by atoms with E-state index in [0.29, 0.717) is 11.3 Å². The van der Waals surface area contributed by atoms with Gasteiger partial charge in [-0.25, -0.2) is 13.9 Å². The van der Waals surface area contributed by atoms with E-state index in [0.717, 1.165) is 21.2 Å². The molecule has 0 saturated heterocycles. The predicted octanol–water partition coefficient (Wildman–Crippen LogP) is 5.63. The molecule has 0 radical (unpaired) electrons. The highest BCUT2D eigenvalue weighted by Gasteiger charge is 2.26. The normalized spacial score (nSPS) is 11.8. The number of rotatable bonds is 5. The van der Waals surface area contributed by atoms with Crippen LogP contribution in [-0.2, 0) is 4.74 Å². The molecule has 0 fully saturated rings. The molecule has 0 aliphatic carbocycles. The van der Waals surface area contributed by atoms with E-state index in [-0.39, 0.29) is 23.6 Å². The van der Waals surface area contributed by atoms with E-state index in [1.54, 1.807) is 30.8 Å². The van der Waals surface area contributed by atoms with Crippen LogP contribution in [0, 0.1) is 5.82 Å². The minimum absolute atomic E-state index is 0.0865. The standard InChI is InChI=1S/C25H18FN3O3S/c1-2-32-25(31)23-18(14-29(28-23)17-10-8-16(26)9-11-17)24(30)15-7-12-22-20(13-15)27-19-5-3-4-6-21(19)33-22/h3-14,27H,2H2,1H3. The van der Waals surface area contributed by atoms with Crippen LogP contribution in [0.15, 0.2) is 82.7 Å². The summed E-state index contributed by atoms with van der Waals surface area (Å²) in [4.78, 5) is 28.1. The van der Waals surface area contributed by atoms with E-state index in [1.807, 2.05) is 30.3 Å². The SMILES string of the molecule is CCOC(=O)c1nn(-c2ccc(F)cc2)cc1C(=O)c1ccc2c(c1)Nc1ccccc1S2. The lowest BCUT2D eigenvalue weighted by molar-refractivity contribution is 0.0516. The van der Waals surface area contributed by atoms with E-state index in [2.05, 4.69) is 10.4 Å². The third kappa shape index (κ3) is 4.01. The summed E-state index contributed by atoms with van der Waals surface area (Å²) < 4.78 is 19.8. The first kappa shape index (κ1) is 21.0. The first-order chi connectivity index (χ1) is 16.0. The fourth-order valence-electron chi connectivity index (χ4n) is 3.55. The minimum atomic E-state index is -0.692. The predicted molar refractivity (Wildman–Crippen MR) is 123 cm³/mol. The molecule has 33 heavy (non-hydrogen) atoms. The first-order valence-corrected chi connectivity index (χ1v) is 11.1. The Balaban J connectivity index is 1.53. The molecule has 0 spiro atoms. The Kier molecular flexibility index (Phi) is 5.43. The molecule has 4 aromatic rings. The molecular formula is C25H18FN3O3S. The van der Waals surface area contributed by atoms with E-state index in [4.69, 9.17) is 4.74 Å². The number of hydrogen-bond acceptors (Lipinski definition) is 6. The highest BCUT2D eigenvalue weighted by atomic mass is 32.2. The average Bonchev–Trinajstić information content (AvgIpc) is 3.28. The van der Waals surface area contributed by atoms with Gasteiger partial charge in [0.1, 0.15) is 5.82 Å². The van der Waals surface area contributed by atoms with Gasteiger partial charge >= 0.3 is 5.97 Å². The van der Waals surface area contributed by atoms with Crippen molar-refractivity contribution in [3.05, 3.63) is 95.6 Å². The maximum atomic E-state index is 13.5. The second kappa shape index (κ2) is 8.55. The summed E-state index contributed by atoms with van der Waals surface area (Å²) >= 11 is 1.62. The van der Waals surface area contributed by atoms with Gasteiger partial charge in [0.05, 0.1) is 29.2 Å². The highest BCUT2D eigenvalue weighted by molar-refractivity contribution is 7.99. The number of aromatic nitrogens is 2. The lowest BCUT2D eigenvalue weighted by atomic mass is 10.0. The number of carbonyl (C=O) groups is 2. The van der Waals surface area contributed by atoms with Crippen molar-refractivity contribution < 1.29 is 18.7 Å². The van der Waals surface area contributed by atoms with Crippen molar-refractivity contribution in [2.24, 2.45) is 0 Å². The maximum Gasteiger partial charge on any atom is 0.359 e. The molecule has 0 atom stereocenters. The Morgan fingerprint density at radius 1 is 1.03 bits per heavy atom. The second-order valence-corrected chi connectivity index (χ2v) is 8.38. The van der Waals surface area contributed by atoms with Crippen LogP contribution >= 0.6 is 11.8 Å². The number of para-hydroxylation sites is 1. The molecule has 0 unspecified atom stereocenters. The largest absolute Gasteiger partial charge is 0.461 e. The third-order valence-electron chi connectivity index (χ3n) is 5.14. The Hall–Kier alpha value is -3.91. The minimum Gasteiger partial charge on any atom is -0.461 e. The zero-order chi connectivity index (χ0) is 22.9. The van der Waals surface area contributed by atoms with Crippen molar-refractivity contribution in [2.75, 3.05) is 11.9 Å². The number of hydrogen-bond donors (Lipinski definition) is 1. The lowest BCUT2D eigenvalue weighted by Gasteiger charge is -2.21. The summed E-state index contributed by atoms with van der Waals surface area (Å²) in [5.74, 6) is -1.45. The lowest BCUT2D eigenvalue weighted by Crippen LogP contribution is -2.12. The van der Waals surface area contributed by atoms with Crippen LogP contribution in [0.25, 0.3) is 5.69 Å². The molecule has 1 aromatic heterocycles. The summed E-state index contributed by atoms with van der Waals surface area (Å²) in [6.07, 6.45) is 1.47. The number of ketones is 1. The van der Waals surface area contributed by atoms with Crippen LogP contribution < -0.4 is 5.32 Å². The zero-order valence-electron chi connectivity index (χ0n) is 17.5. The molecule has 5 rings (SSSR count). The van der Waals surface area contributed by atoms with E-state index < -0.39 is 11.8 Å². The molecule has 1 aliphatic rings. The molecule has 0 bridgehead atoms. The van der Waals surface area contributed by atoms with E-state index in [1.165, 1.54) is 35.1 Å². The van der Waals surface area contributed by atoms with Crippen molar-refractivity contribution in [2.45, 2.75) is 16.7 Å². The highest BCUT2D eigenvalue weighted by Crippen LogP contribution is 2.44. The topological polar surface area (TPSA) is 73.2 Å². The quantitative estimate of drug-likeness (QED) is 0.271. The number of halogens is 1. The van der Waals surface area contributed by atoms with Crippen LogP contribution in [0.2, 0.25) is 0 Å². The molecule has 0 saturated carbocycles. The van der Waals surface area contributed by atoms with Gasteiger partial charge in [-0.15, -0.1) is 0 Å². The van der Waals surface area contributed by atoms with Gasteiger partial charge in [-0.05, 0) is 61.5 Å². The van der Waals surface area contributed by atoms with Crippen molar-refractivity contribution in [1.82, 2.24) is 9.78 Å². The number of fused-ring (bicyclic) bond motifs is 2. The van der Waals surface area contributed by atoms with Crippen LogP contribution in [0.3, 0.4) is 0 Å². The van der Waals surface area contributed by atoms with Gasteiger partial charge < -0.3 is 10.1 Å². The van der Waals surface area contributed by atoms with Crippen LogP contribution in [0.1, 0.15) is 33.3 Å². The van der Waals surface area contributed by atoms with Gasteiger partial charge in [0.2, 0.25) is 0 Å². The molecule has 3 aromatic carbocycles. The summed E-state index contributed by atoms with van der Waals surface area (Å²) in [6.45, 7) is 1.83. The zero-order valence-corrected chi connectivity index (χ0v) is 18.4. The molecule has 164 valence electrons. The van der Waals surface area contributed by atoms with Gasteiger partial charge in [-0.1, -0.05) is 23.9 Å².